The molecule has 1 amide bonds. The molecule has 162 valence electrons. The Hall–Kier alpha value is -4.08. The van der Waals surface area contributed by atoms with Gasteiger partial charge in [0.25, 0.3) is 5.91 Å². The average molecular weight is 436 g/mol. The van der Waals surface area contributed by atoms with Crippen LogP contribution in [0.1, 0.15) is 30.4 Å². The summed E-state index contributed by atoms with van der Waals surface area (Å²) in [5.74, 6) is -1.08. The predicted octanol–water partition coefficient (Wildman–Crippen LogP) is 4.82. The van der Waals surface area contributed by atoms with E-state index in [2.05, 4.69) is 6.08 Å². The summed E-state index contributed by atoms with van der Waals surface area (Å²) in [4.78, 5) is 27.4. The Bertz CT molecular complexity index is 1270. The van der Waals surface area contributed by atoms with Crippen molar-refractivity contribution >= 4 is 23.2 Å². The standard InChI is InChI=1S/C28H23N2O3/c1-19-28(27(32)30(29-19)22-16-10-5-11-17-22)18-23(20-12-6-3-7-13-20)24(26(31)33-2)25(28)21-14-8-4-9-15-21/h3-4,6-17,25H,18H2,1-2H3/q+1/t25-,28-/m1/s1. The largest absolute Gasteiger partial charge is 0.466 e. The van der Waals surface area contributed by atoms with E-state index < -0.39 is 17.3 Å². The highest BCUT2D eigenvalue weighted by molar-refractivity contribution is 6.18. The maximum Gasteiger partial charge on any atom is 0.334 e. The van der Waals surface area contributed by atoms with Gasteiger partial charge < -0.3 is 4.74 Å². The first-order chi connectivity index (χ1) is 16.1. The molecule has 0 fully saturated rings. The molecule has 0 saturated carbocycles. The van der Waals surface area contributed by atoms with E-state index in [0.29, 0.717) is 23.4 Å². The smallest absolute Gasteiger partial charge is 0.334 e. The van der Waals surface area contributed by atoms with Gasteiger partial charge in [0.15, 0.2) is 5.70 Å². The van der Waals surface area contributed by atoms with Crippen LogP contribution in [0.2, 0.25) is 0 Å². The van der Waals surface area contributed by atoms with Crippen LogP contribution in [0.4, 0.5) is 0 Å². The van der Waals surface area contributed by atoms with Crippen LogP contribution >= 0.6 is 0 Å². The van der Waals surface area contributed by atoms with Crippen LogP contribution in [0.25, 0.3) is 5.57 Å². The second-order valence-corrected chi connectivity index (χ2v) is 8.30. The molecule has 5 rings (SSSR count). The first-order valence-corrected chi connectivity index (χ1v) is 10.9. The van der Waals surface area contributed by atoms with E-state index in [1.165, 1.54) is 12.1 Å². The van der Waals surface area contributed by atoms with Crippen molar-refractivity contribution < 1.29 is 14.3 Å². The van der Waals surface area contributed by atoms with Crippen molar-refractivity contribution in [1.29, 1.82) is 0 Å². The van der Waals surface area contributed by atoms with Gasteiger partial charge in [0.2, 0.25) is 0 Å². The Kier molecular flexibility index (Phi) is 5.12. The number of nitrogens with zero attached hydrogens (tertiary/aromatic N) is 2. The second kappa shape index (κ2) is 8.12. The third kappa shape index (κ3) is 3.17. The zero-order valence-electron chi connectivity index (χ0n) is 18.5. The summed E-state index contributed by atoms with van der Waals surface area (Å²) in [6.07, 6.45) is 10.5. The predicted molar refractivity (Wildman–Crippen MR) is 127 cm³/mol. The Morgan fingerprint density at radius 3 is 2.45 bits per heavy atom. The third-order valence-corrected chi connectivity index (χ3v) is 6.64. The minimum Gasteiger partial charge on any atom is -0.466 e. The summed E-state index contributed by atoms with van der Waals surface area (Å²) < 4.78 is 5.26. The monoisotopic (exact) mass is 435 g/mol. The van der Waals surface area contributed by atoms with Gasteiger partial charge in [-0.2, -0.15) is 10.1 Å². The Balaban J connectivity index is 1.73. The van der Waals surface area contributed by atoms with Crippen LogP contribution < -0.4 is 0 Å². The number of carbonyl (C=O) groups is 2. The average Bonchev–Trinajstić information content (AvgIpc) is 3.36. The molecule has 2 aliphatic carbocycles. The van der Waals surface area contributed by atoms with Crippen molar-refractivity contribution in [3.8, 4) is 0 Å². The molecule has 1 spiro atoms. The molecule has 0 unspecified atom stereocenters. The maximum absolute atomic E-state index is 14.2. The molecule has 0 N–H and O–H groups in total. The molecule has 33 heavy (non-hydrogen) atoms. The third-order valence-electron chi connectivity index (χ3n) is 6.64. The van der Waals surface area contributed by atoms with Crippen LogP contribution in [0.3, 0.4) is 0 Å². The normalized spacial score (nSPS) is 23.6. The molecule has 2 aromatic carbocycles. The molecule has 5 heteroatoms. The Morgan fingerprint density at radius 1 is 1.12 bits per heavy atom. The van der Waals surface area contributed by atoms with Crippen LogP contribution in [0, 0.1) is 11.5 Å². The molecule has 5 nitrogen and oxygen atoms in total. The number of methoxy groups -OCH3 is 1. The fraction of sp³-hybridized carbons (Fsp3) is 0.179. The summed E-state index contributed by atoms with van der Waals surface area (Å²) in [7, 11) is 1.38. The van der Waals surface area contributed by atoms with Gasteiger partial charge in [0.05, 0.1) is 25.0 Å². The van der Waals surface area contributed by atoms with Gasteiger partial charge in [0.1, 0.15) is 17.6 Å². The van der Waals surface area contributed by atoms with E-state index in [9.17, 15) is 9.59 Å². The van der Waals surface area contributed by atoms with Crippen molar-refractivity contribution in [3.63, 3.8) is 0 Å². The molecular formula is C28H23N2O3+. The van der Waals surface area contributed by atoms with Gasteiger partial charge in [-0.25, -0.2) is 4.79 Å². The lowest BCUT2D eigenvalue weighted by atomic mass is 9.68. The number of amides is 1. The highest BCUT2D eigenvalue weighted by atomic mass is 16.5. The quantitative estimate of drug-likeness (QED) is 0.511. The summed E-state index contributed by atoms with van der Waals surface area (Å²) in [5, 5.41) is 6.17. The van der Waals surface area contributed by atoms with Crippen molar-refractivity contribution in [3.05, 3.63) is 113 Å². The number of rotatable bonds is 4. The molecule has 0 bridgehead atoms. The van der Waals surface area contributed by atoms with E-state index in [4.69, 9.17) is 9.84 Å². The van der Waals surface area contributed by atoms with Crippen molar-refractivity contribution in [2.24, 2.45) is 10.5 Å². The van der Waals surface area contributed by atoms with Gasteiger partial charge >= 0.3 is 5.97 Å². The zero-order chi connectivity index (χ0) is 23.0. The van der Waals surface area contributed by atoms with Crippen LogP contribution in [0.15, 0.2) is 101 Å². The number of hydrogen-bond donors (Lipinski definition) is 0. The number of hydrogen-bond acceptors (Lipinski definition) is 4. The molecule has 0 radical (unpaired) electrons. The fourth-order valence-corrected chi connectivity index (χ4v) is 5.10. The lowest BCUT2D eigenvalue weighted by Crippen LogP contribution is -2.42. The van der Waals surface area contributed by atoms with Gasteiger partial charge in [-0.3, -0.25) is 4.79 Å². The fourth-order valence-electron chi connectivity index (χ4n) is 5.10. The number of hydrazone groups is 1. The number of ether oxygens (including phenoxy) is 1. The van der Waals surface area contributed by atoms with E-state index >= 15 is 0 Å². The molecular weight excluding hydrogens is 412 g/mol. The highest BCUT2D eigenvalue weighted by Crippen LogP contribution is 2.59. The summed E-state index contributed by atoms with van der Waals surface area (Å²) in [5.41, 5.74) is 3.47. The lowest BCUT2D eigenvalue weighted by molar-refractivity contribution is -0.137. The minimum absolute atomic E-state index is 0.146. The zero-order valence-corrected chi connectivity index (χ0v) is 18.5. The Labute approximate surface area is 193 Å². The van der Waals surface area contributed by atoms with Gasteiger partial charge in [-0.05, 0) is 30.0 Å². The van der Waals surface area contributed by atoms with E-state index in [-0.39, 0.29) is 5.91 Å². The van der Waals surface area contributed by atoms with Crippen molar-refractivity contribution in [2.75, 3.05) is 7.11 Å². The molecule has 1 heterocycles. The van der Waals surface area contributed by atoms with Crippen LogP contribution in [-0.2, 0) is 14.3 Å². The van der Waals surface area contributed by atoms with Crippen molar-refractivity contribution in [1.82, 2.24) is 5.01 Å². The lowest BCUT2D eigenvalue weighted by Gasteiger charge is -2.31. The van der Waals surface area contributed by atoms with E-state index in [1.807, 2.05) is 79.7 Å². The summed E-state index contributed by atoms with van der Waals surface area (Å²) in [6, 6.07) is 19.4. The topological polar surface area (TPSA) is 59.0 Å². The molecule has 3 aliphatic rings. The number of allylic oxidation sites excluding steroid dienone is 6. The van der Waals surface area contributed by atoms with Crippen molar-refractivity contribution in [2.45, 2.75) is 19.3 Å². The van der Waals surface area contributed by atoms with Crippen LogP contribution in [-0.4, -0.2) is 29.7 Å². The summed E-state index contributed by atoms with van der Waals surface area (Å²) in [6.45, 7) is 1.88. The molecule has 2 aromatic rings. The Morgan fingerprint density at radius 2 is 1.82 bits per heavy atom. The van der Waals surface area contributed by atoms with Gasteiger partial charge in [0, 0.05) is 17.6 Å². The first-order valence-electron chi connectivity index (χ1n) is 10.9. The second-order valence-electron chi connectivity index (χ2n) is 8.30. The number of esters is 1. The molecule has 0 aromatic heterocycles. The molecule has 0 saturated heterocycles. The van der Waals surface area contributed by atoms with E-state index in [0.717, 1.165) is 16.7 Å². The van der Waals surface area contributed by atoms with Gasteiger partial charge in [-0.15, -0.1) is 0 Å². The molecule has 2 atom stereocenters. The van der Waals surface area contributed by atoms with Crippen LogP contribution in [0.5, 0.6) is 0 Å². The highest BCUT2D eigenvalue weighted by Gasteiger charge is 2.62. The first kappa shape index (κ1) is 20.8. The SMILES string of the molecule is COC(=O)C1=C(c2ccccc2)C[C@]2(C(=O)N(C3=CC=[C+]C=C3)N=C2C)[C@@H]1c1ccccc1. The summed E-state index contributed by atoms with van der Waals surface area (Å²) >= 11 is 0. The van der Waals surface area contributed by atoms with E-state index in [1.54, 1.807) is 12.2 Å². The number of benzene rings is 2. The van der Waals surface area contributed by atoms with Gasteiger partial charge in [-0.1, -0.05) is 60.7 Å². The maximum atomic E-state index is 14.2. The molecule has 1 aliphatic heterocycles. The minimum atomic E-state index is -1.02. The number of carbonyl (C=O) groups excluding carboxylic acids is 2.